The maximum absolute atomic E-state index is 5.72. The van der Waals surface area contributed by atoms with Crippen LogP contribution in [0.5, 0.6) is 5.75 Å². The summed E-state index contributed by atoms with van der Waals surface area (Å²) in [7, 11) is 2.11. The lowest BCUT2D eigenvalue weighted by molar-refractivity contribution is 0.313. The molecule has 112 valence electrons. The van der Waals surface area contributed by atoms with E-state index >= 15 is 0 Å². The van der Waals surface area contributed by atoms with Crippen molar-refractivity contribution in [1.82, 2.24) is 0 Å². The lowest BCUT2D eigenvalue weighted by atomic mass is 10.1. The van der Waals surface area contributed by atoms with Gasteiger partial charge in [0, 0.05) is 31.0 Å². The molecule has 2 aromatic carbocycles. The van der Waals surface area contributed by atoms with E-state index in [2.05, 4.69) is 43.1 Å². The van der Waals surface area contributed by atoms with E-state index in [1.807, 2.05) is 24.3 Å². The van der Waals surface area contributed by atoms with Crippen molar-refractivity contribution in [3.8, 4) is 5.75 Å². The van der Waals surface area contributed by atoms with Crippen molar-refractivity contribution in [3.63, 3.8) is 0 Å². The van der Waals surface area contributed by atoms with Gasteiger partial charge < -0.3 is 15.4 Å². The number of anilines is 2. The van der Waals surface area contributed by atoms with Gasteiger partial charge in [-0.15, -0.1) is 0 Å². The molecule has 0 aliphatic carbocycles. The highest BCUT2D eigenvalue weighted by molar-refractivity contribution is 5.47. The maximum Gasteiger partial charge on any atom is 0.121 e. The fourth-order valence-electron chi connectivity index (χ4n) is 2.21. The van der Waals surface area contributed by atoms with Crippen LogP contribution in [0.1, 0.15) is 18.9 Å². The summed E-state index contributed by atoms with van der Waals surface area (Å²) in [5.74, 6) is 0.838. The molecule has 0 amide bonds. The molecule has 0 heterocycles. The first kappa shape index (κ1) is 15.2. The summed E-state index contributed by atoms with van der Waals surface area (Å²) in [6.07, 6.45) is 2.05. The zero-order valence-corrected chi connectivity index (χ0v) is 12.9. The third-order valence-corrected chi connectivity index (χ3v) is 3.55. The predicted octanol–water partition coefficient (Wildman–Crippen LogP) is 3.74. The largest absolute Gasteiger partial charge is 0.493 e. The maximum atomic E-state index is 5.72. The van der Waals surface area contributed by atoms with Crippen molar-refractivity contribution in [2.45, 2.75) is 19.8 Å². The number of ether oxygens (including phenoxy) is 1. The molecule has 0 aromatic heterocycles. The molecule has 0 fully saturated rings. The van der Waals surface area contributed by atoms with Gasteiger partial charge in [0.05, 0.1) is 6.61 Å². The predicted molar refractivity (Wildman–Crippen MR) is 90.1 cm³/mol. The minimum Gasteiger partial charge on any atom is -0.493 e. The molecular formula is C18H24N2O. The van der Waals surface area contributed by atoms with E-state index in [1.165, 1.54) is 11.3 Å². The second-order valence-corrected chi connectivity index (χ2v) is 5.22. The molecular weight excluding hydrogens is 260 g/mol. The molecule has 2 N–H and O–H groups in total. The average Bonchev–Trinajstić information content (AvgIpc) is 2.51. The van der Waals surface area contributed by atoms with Crippen LogP contribution in [0.4, 0.5) is 11.4 Å². The van der Waals surface area contributed by atoms with E-state index in [0.29, 0.717) is 6.61 Å². The lowest BCUT2D eigenvalue weighted by Gasteiger charge is -2.19. The smallest absolute Gasteiger partial charge is 0.121 e. The van der Waals surface area contributed by atoms with Crippen LogP contribution < -0.4 is 15.4 Å². The number of rotatable bonds is 7. The number of hydrogen-bond donors (Lipinski definition) is 1. The lowest BCUT2D eigenvalue weighted by Crippen LogP contribution is -2.20. The number of aryl methyl sites for hydroxylation is 1. The van der Waals surface area contributed by atoms with Gasteiger partial charge in [0.2, 0.25) is 0 Å². The van der Waals surface area contributed by atoms with Crippen LogP contribution in [0.25, 0.3) is 0 Å². The van der Waals surface area contributed by atoms with Gasteiger partial charge in [-0.3, -0.25) is 0 Å². The summed E-state index contributed by atoms with van der Waals surface area (Å²) in [6, 6.07) is 16.3. The van der Waals surface area contributed by atoms with Gasteiger partial charge in [0.15, 0.2) is 0 Å². The highest BCUT2D eigenvalue weighted by Gasteiger charge is 2.01. The van der Waals surface area contributed by atoms with Crippen LogP contribution in [-0.2, 0) is 6.42 Å². The summed E-state index contributed by atoms with van der Waals surface area (Å²) < 4.78 is 5.70. The monoisotopic (exact) mass is 284 g/mol. The normalized spacial score (nSPS) is 10.4. The first-order valence-electron chi connectivity index (χ1n) is 7.47. The fraction of sp³-hybridized carbons (Fsp3) is 0.333. The van der Waals surface area contributed by atoms with Crippen molar-refractivity contribution in [3.05, 3.63) is 54.1 Å². The SMILES string of the molecule is CCc1ccc(N(C)CCCOc2cccc(N)c2)cc1. The first-order valence-corrected chi connectivity index (χ1v) is 7.47. The molecule has 0 spiro atoms. The van der Waals surface area contributed by atoms with Gasteiger partial charge in [-0.1, -0.05) is 25.1 Å². The number of hydrogen-bond acceptors (Lipinski definition) is 3. The molecule has 2 aromatic rings. The zero-order chi connectivity index (χ0) is 15.1. The highest BCUT2D eigenvalue weighted by Crippen LogP contribution is 2.16. The number of benzene rings is 2. The quantitative estimate of drug-likeness (QED) is 0.622. The van der Waals surface area contributed by atoms with E-state index in [1.54, 1.807) is 0 Å². The molecule has 0 radical (unpaired) electrons. The molecule has 0 saturated carbocycles. The Morgan fingerprint density at radius 3 is 2.52 bits per heavy atom. The van der Waals surface area contributed by atoms with Crippen LogP contribution in [0, 0.1) is 0 Å². The van der Waals surface area contributed by atoms with E-state index in [-0.39, 0.29) is 0 Å². The van der Waals surface area contributed by atoms with Crippen LogP contribution in [0.15, 0.2) is 48.5 Å². The van der Waals surface area contributed by atoms with E-state index in [9.17, 15) is 0 Å². The summed E-state index contributed by atoms with van der Waals surface area (Å²) in [6.45, 7) is 3.83. The van der Waals surface area contributed by atoms with Crippen molar-refractivity contribution in [2.75, 3.05) is 30.8 Å². The van der Waals surface area contributed by atoms with Gasteiger partial charge >= 0.3 is 0 Å². The number of nitrogens with two attached hydrogens (primary N) is 1. The van der Waals surface area contributed by atoms with Crippen LogP contribution in [-0.4, -0.2) is 20.2 Å². The molecule has 0 unspecified atom stereocenters. The Labute approximate surface area is 127 Å². The minimum atomic E-state index is 0.695. The van der Waals surface area contributed by atoms with Crippen LogP contribution >= 0.6 is 0 Å². The molecule has 0 aliphatic heterocycles. The molecule has 3 heteroatoms. The van der Waals surface area contributed by atoms with Gasteiger partial charge in [0.25, 0.3) is 0 Å². The van der Waals surface area contributed by atoms with Gasteiger partial charge in [-0.05, 0) is 42.7 Å². The Hall–Kier alpha value is -2.16. The second kappa shape index (κ2) is 7.58. The van der Waals surface area contributed by atoms with E-state index in [0.717, 1.165) is 30.8 Å². The molecule has 0 atom stereocenters. The van der Waals surface area contributed by atoms with Crippen molar-refractivity contribution >= 4 is 11.4 Å². The van der Waals surface area contributed by atoms with Gasteiger partial charge in [-0.25, -0.2) is 0 Å². The number of nitrogen functional groups attached to an aromatic ring is 1. The summed E-state index contributed by atoms with van der Waals surface area (Å²) in [5, 5.41) is 0. The Kier molecular flexibility index (Phi) is 5.50. The minimum absolute atomic E-state index is 0.695. The molecule has 0 bridgehead atoms. The first-order chi connectivity index (χ1) is 10.2. The Bertz CT molecular complexity index is 551. The summed E-state index contributed by atoms with van der Waals surface area (Å²) >= 11 is 0. The van der Waals surface area contributed by atoms with Crippen LogP contribution in [0.2, 0.25) is 0 Å². The third-order valence-electron chi connectivity index (χ3n) is 3.55. The van der Waals surface area contributed by atoms with Gasteiger partial charge in [0.1, 0.15) is 5.75 Å². The standard InChI is InChI=1S/C18H24N2O/c1-3-15-8-10-17(11-9-15)20(2)12-5-13-21-18-7-4-6-16(19)14-18/h4,6-11,14H,3,5,12-13,19H2,1-2H3. The van der Waals surface area contributed by atoms with Crippen molar-refractivity contribution < 1.29 is 4.74 Å². The average molecular weight is 284 g/mol. The van der Waals surface area contributed by atoms with Gasteiger partial charge in [-0.2, -0.15) is 0 Å². The molecule has 3 nitrogen and oxygen atoms in total. The van der Waals surface area contributed by atoms with E-state index < -0.39 is 0 Å². The Morgan fingerprint density at radius 1 is 1.10 bits per heavy atom. The Morgan fingerprint density at radius 2 is 1.86 bits per heavy atom. The molecule has 0 saturated heterocycles. The topological polar surface area (TPSA) is 38.5 Å². The summed E-state index contributed by atoms with van der Waals surface area (Å²) in [5.41, 5.74) is 9.08. The van der Waals surface area contributed by atoms with Crippen molar-refractivity contribution in [2.24, 2.45) is 0 Å². The van der Waals surface area contributed by atoms with Crippen molar-refractivity contribution in [1.29, 1.82) is 0 Å². The molecule has 2 rings (SSSR count). The zero-order valence-electron chi connectivity index (χ0n) is 12.9. The summed E-state index contributed by atoms with van der Waals surface area (Å²) in [4.78, 5) is 2.25. The second-order valence-electron chi connectivity index (χ2n) is 5.22. The Balaban J connectivity index is 1.74. The van der Waals surface area contributed by atoms with E-state index in [4.69, 9.17) is 10.5 Å². The third kappa shape index (κ3) is 4.71. The molecule has 0 aliphatic rings. The van der Waals surface area contributed by atoms with Crippen LogP contribution in [0.3, 0.4) is 0 Å². The highest BCUT2D eigenvalue weighted by atomic mass is 16.5. The fourth-order valence-corrected chi connectivity index (χ4v) is 2.21. The number of nitrogens with zero attached hydrogens (tertiary/aromatic N) is 1. The molecule has 21 heavy (non-hydrogen) atoms.